The van der Waals surface area contributed by atoms with Crippen LogP contribution in [0, 0.1) is 0 Å². The minimum absolute atomic E-state index is 0.194. The topological polar surface area (TPSA) is 174 Å². The van der Waals surface area contributed by atoms with Crippen molar-refractivity contribution in [3.63, 3.8) is 0 Å². The summed E-state index contributed by atoms with van der Waals surface area (Å²) < 4.78 is 5.86. The number of hydrogen-bond donors (Lipinski definition) is 6. The molecule has 11 heteroatoms. The molecule has 21 heavy (non-hydrogen) atoms. The number of H-pyrrole nitrogens is 2. The molecule has 1 aliphatic rings. The van der Waals surface area contributed by atoms with Crippen molar-refractivity contribution >= 4 is 11.2 Å². The van der Waals surface area contributed by atoms with Gasteiger partial charge < -0.3 is 25.2 Å². The number of nitrogens with zero attached hydrogens (tertiary/aromatic N) is 2. The first-order valence-corrected chi connectivity index (χ1v) is 5.96. The van der Waals surface area contributed by atoms with E-state index in [1.54, 1.807) is 0 Å². The number of aromatic nitrogens is 4. The van der Waals surface area contributed by atoms with Crippen LogP contribution in [-0.4, -0.2) is 64.9 Å². The van der Waals surface area contributed by atoms with Crippen molar-refractivity contribution in [3.8, 4) is 0 Å². The Morgan fingerprint density at radius 1 is 1.38 bits per heavy atom. The molecule has 0 aromatic carbocycles. The second kappa shape index (κ2) is 4.47. The SMILES string of the molecule is O=c1[nH]c(=O)c2ncn(C3(O)O[C@H](CO)[C@@H](O)[C@H]3O)c2[nH]1. The van der Waals surface area contributed by atoms with Gasteiger partial charge in [0.05, 0.1) is 6.61 Å². The number of aliphatic hydroxyl groups excluding tert-OH is 3. The van der Waals surface area contributed by atoms with Crippen molar-refractivity contribution in [2.24, 2.45) is 0 Å². The highest BCUT2D eigenvalue weighted by molar-refractivity contribution is 5.69. The van der Waals surface area contributed by atoms with E-state index < -0.39 is 42.1 Å². The van der Waals surface area contributed by atoms with Crippen LogP contribution in [-0.2, 0) is 10.6 Å². The molecule has 0 aliphatic carbocycles. The number of imidazole rings is 1. The summed E-state index contributed by atoms with van der Waals surface area (Å²) in [6, 6.07) is 0. The summed E-state index contributed by atoms with van der Waals surface area (Å²) in [5.74, 6) is -2.49. The Kier molecular flexibility index (Phi) is 2.96. The molecule has 0 saturated carbocycles. The monoisotopic (exact) mass is 300 g/mol. The molecule has 1 unspecified atom stereocenters. The molecule has 6 N–H and O–H groups in total. The van der Waals surface area contributed by atoms with Gasteiger partial charge in [0.15, 0.2) is 17.3 Å². The molecule has 0 amide bonds. The highest BCUT2D eigenvalue weighted by atomic mass is 16.7. The number of hydrogen-bond acceptors (Lipinski definition) is 8. The maximum atomic E-state index is 11.6. The number of aromatic amines is 2. The van der Waals surface area contributed by atoms with Gasteiger partial charge in [0, 0.05) is 0 Å². The second-order valence-corrected chi connectivity index (χ2v) is 4.65. The molecule has 0 bridgehead atoms. The summed E-state index contributed by atoms with van der Waals surface area (Å²) in [7, 11) is 0. The molecular weight excluding hydrogens is 288 g/mol. The summed E-state index contributed by atoms with van der Waals surface area (Å²) in [6.45, 7) is -0.649. The Bertz CT molecular complexity index is 795. The zero-order chi connectivity index (χ0) is 15.4. The number of nitrogens with one attached hydrogen (secondary N) is 2. The van der Waals surface area contributed by atoms with Gasteiger partial charge in [-0.05, 0) is 0 Å². The van der Waals surface area contributed by atoms with Gasteiger partial charge in [-0.3, -0.25) is 19.3 Å². The predicted octanol–water partition coefficient (Wildman–Crippen LogP) is -3.87. The molecule has 0 spiro atoms. The Labute approximate surface area is 115 Å². The Balaban J connectivity index is 2.21. The van der Waals surface area contributed by atoms with Gasteiger partial charge in [0.2, 0.25) is 0 Å². The van der Waals surface area contributed by atoms with Crippen LogP contribution >= 0.6 is 0 Å². The Morgan fingerprint density at radius 2 is 2.10 bits per heavy atom. The van der Waals surface area contributed by atoms with Gasteiger partial charge in [-0.2, -0.15) is 0 Å². The Hall–Kier alpha value is -2.05. The largest absolute Gasteiger partial charge is 0.394 e. The highest BCUT2D eigenvalue weighted by Gasteiger charge is 2.55. The number of fused-ring (bicyclic) bond motifs is 1. The van der Waals surface area contributed by atoms with E-state index in [4.69, 9.17) is 9.84 Å². The fourth-order valence-corrected chi connectivity index (χ4v) is 2.31. The van der Waals surface area contributed by atoms with E-state index in [2.05, 4.69) is 9.97 Å². The average molecular weight is 300 g/mol. The minimum Gasteiger partial charge on any atom is -0.394 e. The lowest BCUT2D eigenvalue weighted by atomic mass is 10.1. The van der Waals surface area contributed by atoms with Crippen LogP contribution in [0.4, 0.5) is 0 Å². The second-order valence-electron chi connectivity index (χ2n) is 4.65. The molecule has 11 nitrogen and oxygen atoms in total. The van der Waals surface area contributed by atoms with Crippen molar-refractivity contribution in [2.75, 3.05) is 6.61 Å². The minimum atomic E-state index is -2.49. The van der Waals surface area contributed by atoms with Crippen molar-refractivity contribution < 1.29 is 25.2 Å². The van der Waals surface area contributed by atoms with Crippen LogP contribution in [0.15, 0.2) is 15.9 Å². The summed E-state index contributed by atoms with van der Waals surface area (Å²) in [5, 5.41) is 39.1. The molecule has 2 aromatic rings. The molecule has 0 radical (unpaired) electrons. The summed E-state index contributed by atoms with van der Waals surface area (Å²) in [4.78, 5) is 30.8. The van der Waals surface area contributed by atoms with Crippen LogP contribution in [0.2, 0.25) is 0 Å². The molecule has 4 atom stereocenters. The molecule has 1 saturated heterocycles. The zero-order valence-electron chi connectivity index (χ0n) is 10.4. The summed E-state index contributed by atoms with van der Waals surface area (Å²) >= 11 is 0. The molecule has 3 heterocycles. The van der Waals surface area contributed by atoms with Crippen molar-refractivity contribution in [2.45, 2.75) is 24.2 Å². The molecule has 1 aliphatic heterocycles. The standard InChI is InChI=1S/C10H12N4O7/c15-1-3-5(16)6(17)10(20,21-3)14-2-11-4-7(14)12-9(19)13-8(4)18/h2-3,5-6,15-17,20H,1H2,(H2,12,13,18,19)/t3-,5-,6-,10?/m1/s1. The third-order valence-electron chi connectivity index (χ3n) is 3.38. The predicted molar refractivity (Wildman–Crippen MR) is 65.1 cm³/mol. The molecule has 1 fully saturated rings. The first kappa shape index (κ1) is 13.9. The molecule has 3 rings (SSSR count). The summed E-state index contributed by atoms with van der Waals surface area (Å²) in [5.41, 5.74) is -2.02. The van der Waals surface area contributed by atoms with E-state index in [9.17, 15) is 24.9 Å². The maximum absolute atomic E-state index is 11.6. The first-order valence-electron chi connectivity index (χ1n) is 5.96. The van der Waals surface area contributed by atoms with E-state index in [1.807, 2.05) is 4.98 Å². The van der Waals surface area contributed by atoms with Gasteiger partial charge in [-0.15, -0.1) is 0 Å². The van der Waals surface area contributed by atoms with Crippen LogP contribution in [0.25, 0.3) is 11.2 Å². The van der Waals surface area contributed by atoms with Crippen LogP contribution in [0.1, 0.15) is 0 Å². The van der Waals surface area contributed by atoms with Gasteiger partial charge in [0.1, 0.15) is 18.5 Å². The lowest BCUT2D eigenvalue weighted by Crippen LogP contribution is -2.45. The zero-order valence-corrected chi connectivity index (χ0v) is 10.4. The van der Waals surface area contributed by atoms with E-state index in [1.165, 1.54) is 0 Å². The molecular formula is C10H12N4O7. The number of rotatable bonds is 2. The average Bonchev–Trinajstić information content (AvgIpc) is 2.95. The number of aliphatic hydroxyl groups is 4. The van der Waals surface area contributed by atoms with Gasteiger partial charge in [-0.25, -0.2) is 9.78 Å². The van der Waals surface area contributed by atoms with Crippen LogP contribution in [0.3, 0.4) is 0 Å². The van der Waals surface area contributed by atoms with Gasteiger partial charge in [0.25, 0.3) is 11.5 Å². The first-order chi connectivity index (χ1) is 9.88. The van der Waals surface area contributed by atoms with E-state index in [0.29, 0.717) is 0 Å². The fourth-order valence-electron chi connectivity index (χ4n) is 2.31. The lowest BCUT2D eigenvalue weighted by Gasteiger charge is -2.27. The fraction of sp³-hybridized carbons (Fsp3) is 0.500. The number of ether oxygens (including phenoxy) is 1. The summed E-state index contributed by atoms with van der Waals surface area (Å²) in [6.07, 6.45) is -3.66. The molecule has 2 aromatic heterocycles. The Morgan fingerprint density at radius 3 is 2.71 bits per heavy atom. The van der Waals surface area contributed by atoms with Crippen molar-refractivity contribution in [1.29, 1.82) is 0 Å². The third kappa shape index (κ3) is 1.83. The smallest absolute Gasteiger partial charge is 0.327 e. The van der Waals surface area contributed by atoms with Crippen LogP contribution < -0.4 is 11.2 Å². The van der Waals surface area contributed by atoms with Crippen molar-refractivity contribution in [1.82, 2.24) is 19.5 Å². The van der Waals surface area contributed by atoms with E-state index in [0.717, 1.165) is 10.9 Å². The van der Waals surface area contributed by atoms with E-state index >= 15 is 0 Å². The third-order valence-corrected chi connectivity index (χ3v) is 3.38. The molecule has 114 valence electrons. The normalized spacial score (nSPS) is 32.9. The lowest BCUT2D eigenvalue weighted by molar-refractivity contribution is -0.287. The van der Waals surface area contributed by atoms with Gasteiger partial charge >= 0.3 is 5.69 Å². The van der Waals surface area contributed by atoms with Gasteiger partial charge in [-0.1, -0.05) is 0 Å². The van der Waals surface area contributed by atoms with E-state index in [-0.39, 0.29) is 11.2 Å². The quantitative estimate of drug-likeness (QED) is 0.326. The van der Waals surface area contributed by atoms with Crippen LogP contribution in [0.5, 0.6) is 0 Å². The highest BCUT2D eigenvalue weighted by Crippen LogP contribution is 2.34. The maximum Gasteiger partial charge on any atom is 0.327 e. The van der Waals surface area contributed by atoms with Crippen molar-refractivity contribution in [3.05, 3.63) is 27.2 Å².